The predicted octanol–water partition coefficient (Wildman–Crippen LogP) is 2.98. The highest BCUT2D eigenvalue weighted by Crippen LogP contribution is 2.31. The van der Waals surface area contributed by atoms with Crippen molar-refractivity contribution >= 4 is 28.2 Å². The number of aromatic nitrogens is 1. The van der Waals surface area contributed by atoms with Crippen LogP contribution in [0.25, 0.3) is 0 Å². The first-order valence-corrected chi connectivity index (χ1v) is 8.68. The molecule has 0 spiro atoms. The van der Waals surface area contributed by atoms with Gasteiger partial charge in [-0.25, -0.2) is 4.98 Å². The number of anilines is 2. The predicted molar refractivity (Wildman–Crippen MR) is 89.1 cm³/mol. The van der Waals surface area contributed by atoms with E-state index in [-0.39, 0.29) is 5.91 Å². The Kier molecular flexibility index (Phi) is 5.45. The van der Waals surface area contributed by atoms with Gasteiger partial charge < -0.3 is 15.5 Å². The fraction of sp³-hybridized carbons (Fsp3) is 0.733. The molecule has 0 saturated heterocycles. The summed E-state index contributed by atoms with van der Waals surface area (Å²) < 4.78 is 0. The molecule has 6 heteroatoms. The molecule has 0 aliphatic heterocycles. The Morgan fingerprint density at radius 1 is 1.29 bits per heavy atom. The number of nitrogen functional groups attached to an aromatic ring is 1. The molecule has 0 radical (unpaired) electrons. The summed E-state index contributed by atoms with van der Waals surface area (Å²) in [7, 11) is 1.90. The molecule has 1 aliphatic rings. The lowest BCUT2D eigenvalue weighted by atomic mass is 9.94. The zero-order valence-electron chi connectivity index (χ0n) is 13.3. The quantitative estimate of drug-likeness (QED) is 0.908. The fourth-order valence-electron chi connectivity index (χ4n) is 2.90. The van der Waals surface area contributed by atoms with Crippen molar-refractivity contribution in [2.75, 3.05) is 30.8 Å². The zero-order valence-corrected chi connectivity index (χ0v) is 14.1. The number of hydrogen-bond donors (Lipinski definition) is 1. The molecule has 0 bridgehead atoms. The summed E-state index contributed by atoms with van der Waals surface area (Å²) in [5.41, 5.74) is 5.98. The fourth-order valence-corrected chi connectivity index (χ4v) is 3.99. The van der Waals surface area contributed by atoms with Crippen molar-refractivity contribution in [1.29, 1.82) is 0 Å². The van der Waals surface area contributed by atoms with E-state index in [4.69, 9.17) is 5.73 Å². The maximum atomic E-state index is 12.7. The van der Waals surface area contributed by atoms with Gasteiger partial charge in [0.05, 0.1) is 0 Å². The molecule has 5 nitrogen and oxygen atoms in total. The van der Waals surface area contributed by atoms with Gasteiger partial charge in [0.1, 0.15) is 10.7 Å². The normalized spacial score (nSPS) is 16.0. The molecule has 1 saturated carbocycles. The minimum absolute atomic E-state index is 0.0234. The third-order valence-electron chi connectivity index (χ3n) is 4.31. The minimum atomic E-state index is 0.0234. The monoisotopic (exact) mass is 310 g/mol. The van der Waals surface area contributed by atoms with Crippen LogP contribution in [-0.4, -0.2) is 42.0 Å². The summed E-state index contributed by atoms with van der Waals surface area (Å²) in [6.45, 7) is 5.90. The van der Waals surface area contributed by atoms with Gasteiger partial charge in [0.2, 0.25) is 0 Å². The second kappa shape index (κ2) is 7.11. The molecule has 0 aromatic carbocycles. The van der Waals surface area contributed by atoms with Crippen LogP contribution in [0.4, 0.5) is 10.9 Å². The van der Waals surface area contributed by atoms with E-state index in [1.807, 2.05) is 11.9 Å². The highest BCUT2D eigenvalue weighted by molar-refractivity contribution is 7.18. The molecule has 1 aliphatic carbocycles. The van der Waals surface area contributed by atoms with Crippen LogP contribution in [0.2, 0.25) is 0 Å². The standard InChI is InChI=1S/C15H26N4OS/c1-4-19(5-2)15-17-13(16)12(21-15)14(20)18(3)11-9-7-6-8-10-11/h11H,4-10,16H2,1-3H3. The van der Waals surface area contributed by atoms with Crippen LogP contribution in [-0.2, 0) is 0 Å². The Hall–Kier alpha value is -1.30. The van der Waals surface area contributed by atoms with E-state index in [2.05, 4.69) is 23.7 Å². The van der Waals surface area contributed by atoms with E-state index >= 15 is 0 Å². The highest BCUT2D eigenvalue weighted by Gasteiger charge is 2.27. The van der Waals surface area contributed by atoms with Gasteiger partial charge in [-0.1, -0.05) is 30.6 Å². The van der Waals surface area contributed by atoms with Crippen LogP contribution in [0.1, 0.15) is 55.6 Å². The average Bonchev–Trinajstić information content (AvgIpc) is 2.89. The van der Waals surface area contributed by atoms with Crippen LogP contribution < -0.4 is 10.6 Å². The third kappa shape index (κ3) is 3.48. The van der Waals surface area contributed by atoms with Gasteiger partial charge in [-0.3, -0.25) is 4.79 Å². The summed E-state index contributed by atoms with van der Waals surface area (Å²) in [4.78, 5) is 21.6. The van der Waals surface area contributed by atoms with Gasteiger partial charge in [0.25, 0.3) is 5.91 Å². The van der Waals surface area contributed by atoms with E-state index in [0.717, 1.165) is 31.1 Å². The first-order chi connectivity index (χ1) is 10.1. The number of carbonyl (C=O) groups is 1. The second-order valence-corrected chi connectivity index (χ2v) is 6.57. The second-order valence-electron chi connectivity index (χ2n) is 5.59. The van der Waals surface area contributed by atoms with E-state index < -0.39 is 0 Å². The van der Waals surface area contributed by atoms with Crippen LogP contribution >= 0.6 is 11.3 Å². The molecule has 2 N–H and O–H groups in total. The molecule has 0 atom stereocenters. The molecule has 118 valence electrons. The topological polar surface area (TPSA) is 62.5 Å². The van der Waals surface area contributed by atoms with Crippen molar-refractivity contribution in [2.45, 2.75) is 52.0 Å². The molecule has 21 heavy (non-hydrogen) atoms. The number of amides is 1. The minimum Gasteiger partial charge on any atom is -0.382 e. The summed E-state index contributed by atoms with van der Waals surface area (Å²) in [6.07, 6.45) is 5.91. The highest BCUT2D eigenvalue weighted by atomic mass is 32.1. The molecule has 1 amide bonds. The van der Waals surface area contributed by atoms with Gasteiger partial charge in [-0.15, -0.1) is 0 Å². The maximum Gasteiger partial charge on any atom is 0.267 e. The van der Waals surface area contributed by atoms with Gasteiger partial charge in [-0.05, 0) is 26.7 Å². The van der Waals surface area contributed by atoms with Crippen molar-refractivity contribution in [1.82, 2.24) is 9.88 Å². The third-order valence-corrected chi connectivity index (χ3v) is 5.43. The average molecular weight is 310 g/mol. The van der Waals surface area contributed by atoms with Crippen LogP contribution in [0.5, 0.6) is 0 Å². The Morgan fingerprint density at radius 3 is 2.48 bits per heavy atom. The van der Waals surface area contributed by atoms with Gasteiger partial charge in [-0.2, -0.15) is 0 Å². The van der Waals surface area contributed by atoms with Crippen LogP contribution in [0.15, 0.2) is 0 Å². The van der Waals surface area contributed by atoms with Gasteiger partial charge in [0.15, 0.2) is 5.13 Å². The Morgan fingerprint density at radius 2 is 1.90 bits per heavy atom. The lowest BCUT2D eigenvalue weighted by Crippen LogP contribution is -2.38. The molecule has 1 aromatic heterocycles. The summed E-state index contributed by atoms with van der Waals surface area (Å²) >= 11 is 1.42. The first-order valence-electron chi connectivity index (χ1n) is 7.86. The molecule has 0 unspecified atom stereocenters. The number of rotatable bonds is 5. The summed E-state index contributed by atoms with van der Waals surface area (Å²) in [6, 6.07) is 0.352. The molecule has 1 fully saturated rings. The number of carbonyl (C=O) groups excluding carboxylic acids is 1. The van der Waals surface area contributed by atoms with Crippen LogP contribution in [0, 0.1) is 0 Å². The van der Waals surface area contributed by atoms with E-state index in [1.165, 1.54) is 30.6 Å². The van der Waals surface area contributed by atoms with Gasteiger partial charge >= 0.3 is 0 Å². The van der Waals surface area contributed by atoms with E-state index in [1.54, 1.807) is 0 Å². The number of nitrogens with two attached hydrogens (primary N) is 1. The first kappa shape index (κ1) is 16.1. The van der Waals surface area contributed by atoms with E-state index in [0.29, 0.717) is 16.7 Å². The van der Waals surface area contributed by atoms with Crippen molar-refractivity contribution in [3.05, 3.63) is 4.88 Å². The summed E-state index contributed by atoms with van der Waals surface area (Å²) in [5.74, 6) is 0.393. The summed E-state index contributed by atoms with van der Waals surface area (Å²) in [5, 5.41) is 0.845. The smallest absolute Gasteiger partial charge is 0.267 e. The van der Waals surface area contributed by atoms with Crippen molar-refractivity contribution in [2.24, 2.45) is 0 Å². The molecule has 1 aromatic rings. The lowest BCUT2D eigenvalue weighted by molar-refractivity contribution is 0.0702. The molecule has 2 rings (SSSR count). The largest absolute Gasteiger partial charge is 0.382 e. The Labute approximate surface area is 131 Å². The Bertz CT molecular complexity index is 478. The van der Waals surface area contributed by atoms with Crippen molar-refractivity contribution in [3.63, 3.8) is 0 Å². The molecule has 1 heterocycles. The van der Waals surface area contributed by atoms with Crippen molar-refractivity contribution < 1.29 is 4.79 Å². The number of nitrogens with zero attached hydrogens (tertiary/aromatic N) is 3. The number of hydrogen-bond acceptors (Lipinski definition) is 5. The van der Waals surface area contributed by atoms with E-state index in [9.17, 15) is 4.79 Å². The van der Waals surface area contributed by atoms with Crippen LogP contribution in [0.3, 0.4) is 0 Å². The number of thiazole rings is 1. The maximum absolute atomic E-state index is 12.7. The van der Waals surface area contributed by atoms with Gasteiger partial charge in [0, 0.05) is 26.2 Å². The van der Waals surface area contributed by atoms with Crippen molar-refractivity contribution in [3.8, 4) is 0 Å². The lowest BCUT2D eigenvalue weighted by Gasteiger charge is -2.30. The SMILES string of the molecule is CCN(CC)c1nc(N)c(C(=O)N(C)C2CCCCC2)s1. The Balaban J connectivity index is 2.14. The molecular weight excluding hydrogens is 284 g/mol. The zero-order chi connectivity index (χ0) is 15.4. The molecular formula is C15H26N4OS.